The van der Waals surface area contributed by atoms with Crippen LogP contribution in [0.4, 0.5) is 11.5 Å². The van der Waals surface area contributed by atoms with Crippen molar-refractivity contribution in [3.05, 3.63) is 89.0 Å². The second kappa shape index (κ2) is 11.6. The summed E-state index contributed by atoms with van der Waals surface area (Å²) in [5, 5.41) is 18.9. The number of aromatic nitrogens is 4. The highest BCUT2D eigenvalue weighted by Crippen LogP contribution is 2.36. The summed E-state index contributed by atoms with van der Waals surface area (Å²) >= 11 is 0. The molecule has 0 fully saturated rings. The molecule has 41 heavy (non-hydrogen) atoms. The molecule has 1 N–H and O–H groups in total. The van der Waals surface area contributed by atoms with E-state index in [0.29, 0.717) is 39.6 Å². The number of fused-ring (bicyclic) bond motifs is 1. The average Bonchev–Trinajstić information content (AvgIpc) is 3.42. The van der Waals surface area contributed by atoms with Crippen molar-refractivity contribution in [2.45, 2.75) is 6.92 Å². The summed E-state index contributed by atoms with van der Waals surface area (Å²) in [5.41, 5.74) is 0.949. The number of nitrogens with zero attached hydrogens (tertiary/aromatic N) is 5. The largest absolute Gasteiger partial charge is 0.493 e. The second-order valence-electron chi connectivity index (χ2n) is 8.47. The van der Waals surface area contributed by atoms with E-state index in [2.05, 4.69) is 20.4 Å². The number of hydrogen-bond acceptors (Lipinski definition) is 10. The number of ether oxygens (including phenoxy) is 4. The number of benzene rings is 2. The zero-order valence-electron chi connectivity index (χ0n) is 22.2. The van der Waals surface area contributed by atoms with E-state index < -0.39 is 10.8 Å². The molecule has 3 aromatic heterocycles. The van der Waals surface area contributed by atoms with Gasteiger partial charge in [-0.3, -0.25) is 19.9 Å². The summed E-state index contributed by atoms with van der Waals surface area (Å²) in [6, 6.07) is 14.4. The van der Waals surface area contributed by atoms with Gasteiger partial charge in [-0.25, -0.2) is 9.67 Å². The van der Waals surface area contributed by atoms with Crippen molar-refractivity contribution in [3.8, 4) is 34.4 Å². The van der Waals surface area contributed by atoms with Crippen LogP contribution in [0.25, 0.3) is 16.6 Å². The fourth-order valence-electron chi connectivity index (χ4n) is 4.01. The number of rotatable bonds is 10. The Balaban J connectivity index is 1.35. The van der Waals surface area contributed by atoms with Gasteiger partial charge in [0.05, 0.1) is 49.3 Å². The van der Waals surface area contributed by atoms with Gasteiger partial charge >= 0.3 is 0 Å². The van der Waals surface area contributed by atoms with Gasteiger partial charge in [0.2, 0.25) is 0 Å². The van der Waals surface area contributed by atoms with E-state index in [1.807, 2.05) is 0 Å². The molecule has 0 radical (unpaired) electrons. The highest BCUT2D eigenvalue weighted by molar-refractivity contribution is 6.04. The van der Waals surface area contributed by atoms with Crippen LogP contribution < -0.4 is 24.3 Å². The maximum Gasteiger partial charge on any atom is 0.281 e. The number of amides is 1. The highest BCUT2D eigenvalue weighted by atomic mass is 16.6. The molecule has 0 saturated carbocycles. The lowest BCUT2D eigenvalue weighted by Crippen LogP contribution is -2.15. The Morgan fingerprint density at radius 3 is 2.51 bits per heavy atom. The molecule has 5 rings (SSSR count). The number of nitro groups is 1. The topological polar surface area (TPSA) is 153 Å². The van der Waals surface area contributed by atoms with Gasteiger partial charge in [-0.2, -0.15) is 5.10 Å². The van der Waals surface area contributed by atoms with E-state index in [-0.39, 0.29) is 29.6 Å². The number of nitro benzene ring substituents is 1. The van der Waals surface area contributed by atoms with Crippen molar-refractivity contribution in [2.75, 3.05) is 26.1 Å². The molecule has 0 aliphatic heterocycles. The third kappa shape index (κ3) is 5.68. The number of carbonyl (C=O) groups excluding carboxylic acids is 1. The molecule has 0 bridgehead atoms. The Morgan fingerprint density at radius 2 is 1.80 bits per heavy atom. The number of hydrogen-bond donors (Lipinski definition) is 1. The quantitative estimate of drug-likeness (QED) is 0.180. The molecule has 208 valence electrons. The molecule has 0 saturated heterocycles. The van der Waals surface area contributed by atoms with E-state index in [9.17, 15) is 14.9 Å². The Hall–Kier alpha value is -5.72. The van der Waals surface area contributed by atoms with Crippen LogP contribution in [0, 0.1) is 10.1 Å². The lowest BCUT2D eigenvalue weighted by atomic mass is 10.2. The number of non-ortho nitro benzene ring substituents is 1. The number of methoxy groups -OCH3 is 2. The van der Waals surface area contributed by atoms with Crippen molar-refractivity contribution in [3.63, 3.8) is 0 Å². The Kier molecular flexibility index (Phi) is 7.58. The first-order valence-corrected chi connectivity index (χ1v) is 12.3. The Morgan fingerprint density at radius 1 is 1.00 bits per heavy atom. The molecule has 0 atom stereocenters. The van der Waals surface area contributed by atoms with Crippen LogP contribution in [-0.4, -0.2) is 51.4 Å². The van der Waals surface area contributed by atoms with Gasteiger partial charge in [0.15, 0.2) is 22.9 Å². The maximum absolute atomic E-state index is 13.1. The third-order valence-corrected chi connectivity index (χ3v) is 5.91. The minimum absolute atomic E-state index is 0.00638. The predicted octanol–water partition coefficient (Wildman–Crippen LogP) is 5.18. The van der Waals surface area contributed by atoms with Gasteiger partial charge in [-0.1, -0.05) is 6.07 Å². The van der Waals surface area contributed by atoms with Crippen LogP contribution in [0.1, 0.15) is 17.4 Å². The third-order valence-electron chi connectivity index (χ3n) is 5.91. The van der Waals surface area contributed by atoms with Crippen LogP contribution in [0.5, 0.6) is 28.7 Å². The van der Waals surface area contributed by atoms with Crippen molar-refractivity contribution >= 4 is 28.3 Å². The normalized spacial score (nSPS) is 10.7. The van der Waals surface area contributed by atoms with Crippen LogP contribution in [0.2, 0.25) is 0 Å². The molecule has 5 aromatic rings. The zero-order valence-corrected chi connectivity index (χ0v) is 22.2. The maximum atomic E-state index is 13.1. The van der Waals surface area contributed by atoms with Crippen LogP contribution in [0.3, 0.4) is 0 Å². The minimum Gasteiger partial charge on any atom is -0.493 e. The molecular weight excluding hydrogens is 532 g/mol. The molecule has 0 spiro atoms. The Labute approximate surface area is 233 Å². The predicted molar refractivity (Wildman–Crippen MR) is 148 cm³/mol. The fourth-order valence-corrected chi connectivity index (χ4v) is 4.01. The first-order valence-electron chi connectivity index (χ1n) is 12.3. The van der Waals surface area contributed by atoms with Crippen molar-refractivity contribution in [1.82, 2.24) is 19.7 Å². The number of anilines is 1. The Bertz CT molecular complexity index is 1740. The zero-order chi connectivity index (χ0) is 28.9. The molecule has 0 aliphatic carbocycles. The molecule has 0 unspecified atom stereocenters. The van der Waals surface area contributed by atoms with Crippen molar-refractivity contribution < 1.29 is 28.7 Å². The molecule has 13 nitrogen and oxygen atoms in total. The van der Waals surface area contributed by atoms with Gasteiger partial charge in [0, 0.05) is 29.8 Å². The fraction of sp³-hybridized carbons (Fsp3) is 0.143. The molecule has 13 heteroatoms. The van der Waals surface area contributed by atoms with Crippen LogP contribution in [0.15, 0.2) is 73.2 Å². The SMILES string of the molecule is CCOc1cn(-c2cccc([N+](=O)[O-])c2)nc1C(=O)Nc1ccc(Oc2ccnc3cc(OC)c(OC)cc23)cn1. The lowest BCUT2D eigenvalue weighted by molar-refractivity contribution is -0.384. The van der Waals surface area contributed by atoms with E-state index in [1.165, 1.54) is 35.3 Å². The van der Waals surface area contributed by atoms with E-state index in [1.54, 1.807) is 63.7 Å². The number of carbonyl (C=O) groups is 1. The van der Waals surface area contributed by atoms with E-state index in [0.717, 1.165) is 0 Å². The van der Waals surface area contributed by atoms with Crippen LogP contribution >= 0.6 is 0 Å². The van der Waals surface area contributed by atoms with Crippen molar-refractivity contribution in [2.24, 2.45) is 0 Å². The van der Waals surface area contributed by atoms with Crippen molar-refractivity contribution in [1.29, 1.82) is 0 Å². The molecule has 0 aliphatic rings. The lowest BCUT2D eigenvalue weighted by Gasteiger charge is -2.12. The number of pyridine rings is 2. The standard InChI is InChI=1S/C28H24N6O7/c1-4-40-25-16-33(17-6-5-7-18(12-17)34(36)37)32-27(25)28(35)31-26-9-8-19(15-30-26)41-22-10-11-29-21-14-24(39-3)23(38-2)13-20(21)22/h5-16H,4H2,1-3H3,(H,30,31,35). The van der Waals surface area contributed by atoms with Gasteiger partial charge in [-0.15, -0.1) is 0 Å². The molecule has 2 aromatic carbocycles. The summed E-state index contributed by atoms with van der Waals surface area (Å²) in [6.07, 6.45) is 4.58. The first-order chi connectivity index (χ1) is 19.9. The number of nitrogens with one attached hydrogen (secondary N) is 1. The molecule has 3 heterocycles. The average molecular weight is 557 g/mol. The smallest absolute Gasteiger partial charge is 0.281 e. The van der Waals surface area contributed by atoms with Gasteiger partial charge in [0.1, 0.15) is 17.3 Å². The summed E-state index contributed by atoms with van der Waals surface area (Å²) in [5.74, 6) is 1.94. The van der Waals surface area contributed by atoms with Crippen LogP contribution in [-0.2, 0) is 0 Å². The van der Waals surface area contributed by atoms with Gasteiger partial charge in [-0.05, 0) is 37.3 Å². The molecule has 1 amide bonds. The van der Waals surface area contributed by atoms with Gasteiger partial charge in [0.25, 0.3) is 11.6 Å². The minimum atomic E-state index is -0.569. The summed E-state index contributed by atoms with van der Waals surface area (Å²) in [7, 11) is 3.10. The van der Waals surface area contributed by atoms with E-state index >= 15 is 0 Å². The second-order valence-corrected chi connectivity index (χ2v) is 8.47. The summed E-state index contributed by atoms with van der Waals surface area (Å²) in [6.45, 7) is 2.05. The molecular formula is C28H24N6O7. The first kappa shape index (κ1) is 26.9. The van der Waals surface area contributed by atoms with Gasteiger partial charge < -0.3 is 24.3 Å². The van der Waals surface area contributed by atoms with E-state index in [4.69, 9.17) is 18.9 Å². The summed E-state index contributed by atoms with van der Waals surface area (Å²) in [4.78, 5) is 32.4. The highest BCUT2D eigenvalue weighted by Gasteiger charge is 2.20. The summed E-state index contributed by atoms with van der Waals surface area (Å²) < 4.78 is 23.7. The monoisotopic (exact) mass is 556 g/mol.